The van der Waals surface area contributed by atoms with Crippen LogP contribution in [0.5, 0.6) is 0 Å². The number of carbonyl (C=O) groups excluding carboxylic acids is 1. The summed E-state index contributed by atoms with van der Waals surface area (Å²) in [6.07, 6.45) is 1.99. The number of anilines is 1. The molecular weight excluding hydrogens is 253 g/mol. The van der Waals surface area contributed by atoms with E-state index in [1.54, 1.807) is 7.05 Å². The van der Waals surface area contributed by atoms with Crippen LogP contribution < -0.4 is 10.6 Å². The van der Waals surface area contributed by atoms with Gasteiger partial charge in [-0.1, -0.05) is 6.92 Å². The van der Waals surface area contributed by atoms with Crippen molar-refractivity contribution in [3.8, 4) is 0 Å². The van der Waals surface area contributed by atoms with Crippen LogP contribution in [-0.4, -0.2) is 36.0 Å². The number of pyridine rings is 1. The predicted molar refractivity (Wildman–Crippen MR) is 73.7 cm³/mol. The molecule has 1 heterocycles. The number of nitrogens with zero attached hydrogens (tertiary/aromatic N) is 1. The van der Waals surface area contributed by atoms with Crippen molar-refractivity contribution in [2.75, 3.05) is 30.4 Å². The van der Waals surface area contributed by atoms with Crippen LogP contribution in [0, 0.1) is 5.82 Å². The summed E-state index contributed by atoms with van der Waals surface area (Å²) in [6.45, 7) is 2.69. The Kier molecular flexibility index (Phi) is 6.49. The van der Waals surface area contributed by atoms with Crippen molar-refractivity contribution in [3.63, 3.8) is 0 Å². The van der Waals surface area contributed by atoms with E-state index >= 15 is 0 Å². The third kappa shape index (κ3) is 4.52. The summed E-state index contributed by atoms with van der Waals surface area (Å²) in [5, 5.41) is 5.53. The molecule has 1 amide bonds. The topological polar surface area (TPSA) is 54.0 Å². The summed E-state index contributed by atoms with van der Waals surface area (Å²) < 4.78 is 13.1. The lowest BCUT2D eigenvalue weighted by molar-refractivity contribution is 0.0954. The summed E-state index contributed by atoms with van der Waals surface area (Å²) in [6, 6.07) is 1.19. The average molecular weight is 271 g/mol. The van der Waals surface area contributed by atoms with Gasteiger partial charge in [0.25, 0.3) is 5.91 Å². The Labute approximate surface area is 111 Å². The predicted octanol–water partition coefficient (Wildman–Crippen LogP) is 2.14. The Morgan fingerprint density at radius 3 is 3.00 bits per heavy atom. The number of nitrogens with one attached hydrogen (secondary N) is 2. The smallest absolute Gasteiger partial charge is 0.255 e. The zero-order valence-electron chi connectivity index (χ0n) is 10.6. The van der Waals surface area contributed by atoms with Gasteiger partial charge in [0.05, 0.1) is 11.8 Å². The Morgan fingerprint density at radius 1 is 1.56 bits per heavy atom. The highest BCUT2D eigenvalue weighted by atomic mass is 32.2. The van der Waals surface area contributed by atoms with Crippen molar-refractivity contribution in [2.24, 2.45) is 0 Å². The zero-order chi connectivity index (χ0) is 13.4. The Bertz CT molecular complexity index is 401. The number of amides is 1. The summed E-state index contributed by atoms with van der Waals surface area (Å²) in [5.41, 5.74) is 0.237. The van der Waals surface area contributed by atoms with Gasteiger partial charge >= 0.3 is 0 Å². The fraction of sp³-hybridized carbons (Fsp3) is 0.500. The molecule has 0 aliphatic carbocycles. The van der Waals surface area contributed by atoms with Crippen LogP contribution in [0.25, 0.3) is 0 Å². The molecule has 18 heavy (non-hydrogen) atoms. The second-order valence-electron chi connectivity index (χ2n) is 3.61. The molecule has 0 bridgehead atoms. The van der Waals surface area contributed by atoms with Crippen LogP contribution in [-0.2, 0) is 0 Å². The van der Waals surface area contributed by atoms with Crippen LogP contribution in [0.4, 0.5) is 10.2 Å². The van der Waals surface area contributed by atoms with Gasteiger partial charge in [0.2, 0.25) is 0 Å². The quantitative estimate of drug-likeness (QED) is 0.746. The Morgan fingerprint density at radius 2 is 2.33 bits per heavy atom. The average Bonchev–Trinajstić information content (AvgIpc) is 2.38. The van der Waals surface area contributed by atoms with Crippen molar-refractivity contribution < 1.29 is 9.18 Å². The van der Waals surface area contributed by atoms with Crippen molar-refractivity contribution in [1.29, 1.82) is 0 Å². The molecule has 1 aromatic rings. The van der Waals surface area contributed by atoms with E-state index in [4.69, 9.17) is 0 Å². The number of halogens is 1. The van der Waals surface area contributed by atoms with E-state index in [1.807, 2.05) is 11.8 Å². The molecule has 0 spiro atoms. The monoisotopic (exact) mass is 271 g/mol. The molecule has 100 valence electrons. The third-order valence-corrected chi connectivity index (χ3v) is 3.28. The van der Waals surface area contributed by atoms with Gasteiger partial charge in [0, 0.05) is 13.6 Å². The summed E-state index contributed by atoms with van der Waals surface area (Å²) in [4.78, 5) is 15.7. The van der Waals surface area contributed by atoms with E-state index < -0.39 is 5.82 Å². The lowest BCUT2D eigenvalue weighted by Gasteiger charge is -2.08. The van der Waals surface area contributed by atoms with E-state index in [0.29, 0.717) is 12.4 Å². The highest BCUT2D eigenvalue weighted by Gasteiger charge is 2.12. The molecule has 1 rings (SSSR count). The van der Waals surface area contributed by atoms with Crippen LogP contribution in [0.3, 0.4) is 0 Å². The van der Waals surface area contributed by atoms with Crippen molar-refractivity contribution in [2.45, 2.75) is 13.3 Å². The minimum absolute atomic E-state index is 0.237. The summed E-state index contributed by atoms with van der Waals surface area (Å²) in [7, 11) is 1.65. The first-order valence-corrected chi connectivity index (χ1v) is 7.03. The van der Waals surface area contributed by atoms with Crippen LogP contribution >= 0.6 is 11.8 Å². The van der Waals surface area contributed by atoms with E-state index in [2.05, 4.69) is 22.5 Å². The van der Waals surface area contributed by atoms with Crippen molar-refractivity contribution >= 4 is 23.5 Å². The zero-order valence-corrected chi connectivity index (χ0v) is 11.4. The number of aromatic nitrogens is 1. The van der Waals surface area contributed by atoms with Gasteiger partial charge in [0.15, 0.2) is 0 Å². The van der Waals surface area contributed by atoms with E-state index in [1.165, 1.54) is 6.07 Å². The molecule has 2 N–H and O–H groups in total. The lowest BCUT2D eigenvalue weighted by atomic mass is 10.2. The summed E-state index contributed by atoms with van der Waals surface area (Å²) >= 11 is 1.83. The molecule has 4 nitrogen and oxygen atoms in total. The van der Waals surface area contributed by atoms with Gasteiger partial charge in [-0.15, -0.1) is 0 Å². The molecule has 0 aliphatic rings. The first-order chi connectivity index (χ1) is 8.69. The molecule has 0 saturated carbocycles. The van der Waals surface area contributed by atoms with Crippen LogP contribution in [0.1, 0.15) is 23.7 Å². The van der Waals surface area contributed by atoms with Gasteiger partial charge in [-0.2, -0.15) is 11.8 Å². The molecular formula is C12H18FN3OS. The molecule has 0 aliphatic heterocycles. The fourth-order valence-corrected chi connectivity index (χ4v) is 2.06. The number of hydrogen-bond acceptors (Lipinski definition) is 4. The van der Waals surface area contributed by atoms with Gasteiger partial charge in [-0.3, -0.25) is 4.79 Å². The molecule has 0 aromatic carbocycles. The minimum atomic E-state index is -0.513. The van der Waals surface area contributed by atoms with Crippen LogP contribution in [0.15, 0.2) is 12.3 Å². The highest BCUT2D eigenvalue weighted by molar-refractivity contribution is 7.99. The normalized spacial score (nSPS) is 10.2. The maximum atomic E-state index is 13.1. The van der Waals surface area contributed by atoms with Gasteiger partial charge in [-0.05, 0) is 24.0 Å². The highest BCUT2D eigenvalue weighted by Crippen LogP contribution is 2.12. The third-order valence-electron chi connectivity index (χ3n) is 2.29. The molecule has 0 radical (unpaired) electrons. The molecule has 0 unspecified atom stereocenters. The van der Waals surface area contributed by atoms with Gasteiger partial charge in [0.1, 0.15) is 11.6 Å². The lowest BCUT2D eigenvalue weighted by Crippen LogP contribution is -2.26. The second-order valence-corrected chi connectivity index (χ2v) is 5.00. The number of hydrogen-bond donors (Lipinski definition) is 2. The summed E-state index contributed by atoms with van der Waals surface area (Å²) in [5.74, 6) is 1.66. The molecule has 6 heteroatoms. The largest absolute Gasteiger partial charge is 0.372 e. The molecule has 0 fully saturated rings. The van der Waals surface area contributed by atoms with Crippen molar-refractivity contribution in [1.82, 2.24) is 10.3 Å². The molecule has 0 atom stereocenters. The Hall–Kier alpha value is -1.30. The second kappa shape index (κ2) is 7.92. The first-order valence-electron chi connectivity index (χ1n) is 5.88. The number of thioether (sulfide) groups is 1. The fourth-order valence-electron chi connectivity index (χ4n) is 1.43. The Balaban J connectivity index is 2.52. The SMILES string of the molecule is CCSCCCNC(=O)c1cc(F)cnc1NC. The maximum Gasteiger partial charge on any atom is 0.255 e. The van der Waals surface area contributed by atoms with Gasteiger partial charge in [-0.25, -0.2) is 9.37 Å². The molecule has 1 aromatic heterocycles. The standard InChI is InChI=1S/C12H18FN3OS/c1-3-18-6-4-5-15-12(17)10-7-9(13)8-16-11(10)14-2/h7-8H,3-6H2,1-2H3,(H,14,16)(H,15,17). The number of rotatable bonds is 7. The van der Waals surface area contributed by atoms with Crippen molar-refractivity contribution in [3.05, 3.63) is 23.6 Å². The van der Waals surface area contributed by atoms with E-state index in [0.717, 1.165) is 24.1 Å². The maximum absolute atomic E-state index is 13.1. The molecule has 0 saturated heterocycles. The van der Waals surface area contributed by atoms with E-state index in [9.17, 15) is 9.18 Å². The van der Waals surface area contributed by atoms with Crippen LogP contribution in [0.2, 0.25) is 0 Å². The number of carbonyl (C=O) groups is 1. The first kappa shape index (κ1) is 14.8. The van der Waals surface area contributed by atoms with E-state index in [-0.39, 0.29) is 11.5 Å². The minimum Gasteiger partial charge on any atom is -0.372 e. The van der Waals surface area contributed by atoms with Gasteiger partial charge < -0.3 is 10.6 Å².